The van der Waals surface area contributed by atoms with Crippen LogP contribution < -0.4 is 10.6 Å². The number of hydrogen-bond donors (Lipinski definition) is 2. The van der Waals surface area contributed by atoms with Crippen LogP contribution in [0.3, 0.4) is 0 Å². The molecule has 0 amide bonds. The van der Waals surface area contributed by atoms with E-state index in [2.05, 4.69) is 83.4 Å². The Hall–Kier alpha value is -2.91. The molecule has 3 heteroatoms. The fourth-order valence-corrected chi connectivity index (χ4v) is 3.22. The van der Waals surface area contributed by atoms with Crippen molar-refractivity contribution in [2.45, 2.75) is 13.0 Å². The second-order valence-corrected chi connectivity index (χ2v) is 6.50. The molecule has 3 nitrogen and oxygen atoms in total. The maximum absolute atomic E-state index is 4.78. The Morgan fingerprint density at radius 1 is 0.731 bits per heavy atom. The number of benzene rings is 3. The molecule has 0 bridgehead atoms. The van der Waals surface area contributed by atoms with Crippen molar-refractivity contribution in [3.63, 3.8) is 0 Å². The van der Waals surface area contributed by atoms with Crippen LogP contribution in [-0.4, -0.2) is 18.1 Å². The molecule has 0 saturated heterocycles. The van der Waals surface area contributed by atoms with Gasteiger partial charge in [-0.2, -0.15) is 0 Å². The van der Waals surface area contributed by atoms with E-state index in [1.54, 1.807) is 0 Å². The fraction of sp³-hybridized carbons (Fsp3) is 0.174. The standard InChI is InChI=1S/C23H23N3/c1-2-8-18(9-3-1)17-24-14-7-15-25-22-12-6-13-23-20(22)16-19-10-4-5-11-21(19)26-23/h1-6,8-13,16,24-25H,7,14-15,17H2. The SMILES string of the molecule is c1ccc(CNCCCNc2cccc3nc4ccccc4cc23)cc1. The lowest BCUT2D eigenvalue weighted by Gasteiger charge is -2.11. The van der Waals surface area contributed by atoms with E-state index in [1.165, 1.54) is 16.3 Å². The Morgan fingerprint density at radius 2 is 1.54 bits per heavy atom. The van der Waals surface area contributed by atoms with E-state index in [-0.39, 0.29) is 0 Å². The lowest BCUT2D eigenvalue weighted by molar-refractivity contribution is 0.663. The van der Waals surface area contributed by atoms with Crippen molar-refractivity contribution >= 4 is 27.5 Å². The minimum Gasteiger partial charge on any atom is -0.384 e. The number of aromatic nitrogens is 1. The predicted octanol–water partition coefficient (Wildman–Crippen LogP) is 4.98. The fourth-order valence-electron chi connectivity index (χ4n) is 3.22. The number of nitrogens with zero attached hydrogens (tertiary/aromatic N) is 1. The van der Waals surface area contributed by atoms with Gasteiger partial charge in [-0.15, -0.1) is 0 Å². The lowest BCUT2D eigenvalue weighted by atomic mass is 10.1. The molecule has 0 aliphatic rings. The van der Waals surface area contributed by atoms with E-state index < -0.39 is 0 Å². The van der Waals surface area contributed by atoms with Crippen LogP contribution in [0.2, 0.25) is 0 Å². The van der Waals surface area contributed by atoms with Crippen LogP contribution in [0.15, 0.2) is 78.9 Å². The van der Waals surface area contributed by atoms with Crippen molar-refractivity contribution in [2.75, 3.05) is 18.4 Å². The van der Waals surface area contributed by atoms with Crippen molar-refractivity contribution in [2.24, 2.45) is 0 Å². The zero-order valence-corrected chi connectivity index (χ0v) is 14.8. The summed E-state index contributed by atoms with van der Waals surface area (Å²) in [7, 11) is 0. The second-order valence-electron chi connectivity index (χ2n) is 6.50. The van der Waals surface area contributed by atoms with Crippen LogP contribution in [0.1, 0.15) is 12.0 Å². The molecule has 0 aliphatic carbocycles. The summed E-state index contributed by atoms with van der Waals surface area (Å²) in [5.41, 5.74) is 4.56. The molecule has 4 aromatic rings. The Bertz CT molecular complexity index is 996. The molecule has 0 saturated carbocycles. The van der Waals surface area contributed by atoms with Gasteiger partial charge in [-0.25, -0.2) is 4.98 Å². The average Bonchev–Trinajstić information content (AvgIpc) is 2.70. The molecule has 0 unspecified atom stereocenters. The van der Waals surface area contributed by atoms with Crippen molar-refractivity contribution in [3.8, 4) is 0 Å². The van der Waals surface area contributed by atoms with Crippen molar-refractivity contribution in [3.05, 3.63) is 84.4 Å². The average molecular weight is 341 g/mol. The first kappa shape index (κ1) is 16.6. The zero-order chi connectivity index (χ0) is 17.6. The Balaban J connectivity index is 1.36. The van der Waals surface area contributed by atoms with E-state index in [4.69, 9.17) is 4.98 Å². The molecule has 0 spiro atoms. The molecule has 0 aliphatic heterocycles. The largest absolute Gasteiger partial charge is 0.384 e. The summed E-state index contributed by atoms with van der Waals surface area (Å²) < 4.78 is 0. The Kier molecular flexibility index (Phi) is 5.08. The lowest BCUT2D eigenvalue weighted by Crippen LogP contribution is -2.17. The normalized spacial score (nSPS) is 11.1. The maximum atomic E-state index is 4.78. The van der Waals surface area contributed by atoms with Crippen LogP contribution >= 0.6 is 0 Å². The smallest absolute Gasteiger partial charge is 0.0730 e. The quantitative estimate of drug-likeness (QED) is 0.368. The summed E-state index contributed by atoms with van der Waals surface area (Å²) in [6.45, 7) is 2.85. The van der Waals surface area contributed by atoms with E-state index in [9.17, 15) is 0 Å². The number of rotatable bonds is 7. The first-order chi connectivity index (χ1) is 12.9. The predicted molar refractivity (Wildman–Crippen MR) is 111 cm³/mol. The molecule has 4 rings (SSSR count). The summed E-state index contributed by atoms with van der Waals surface area (Å²) in [4.78, 5) is 4.78. The second kappa shape index (κ2) is 7.98. The highest BCUT2D eigenvalue weighted by Gasteiger charge is 2.04. The first-order valence-corrected chi connectivity index (χ1v) is 9.17. The van der Waals surface area contributed by atoms with Crippen molar-refractivity contribution in [1.82, 2.24) is 10.3 Å². The third-order valence-corrected chi connectivity index (χ3v) is 4.58. The van der Waals surface area contributed by atoms with Gasteiger partial charge in [0.25, 0.3) is 0 Å². The van der Waals surface area contributed by atoms with Crippen LogP contribution in [0.5, 0.6) is 0 Å². The number of hydrogen-bond acceptors (Lipinski definition) is 3. The van der Waals surface area contributed by atoms with Gasteiger partial charge in [0, 0.05) is 29.5 Å². The summed E-state index contributed by atoms with van der Waals surface area (Å²) in [5.74, 6) is 0. The van der Waals surface area contributed by atoms with Gasteiger partial charge in [-0.05, 0) is 42.8 Å². The number of anilines is 1. The van der Waals surface area contributed by atoms with Gasteiger partial charge in [0.15, 0.2) is 0 Å². The van der Waals surface area contributed by atoms with Crippen LogP contribution in [0.4, 0.5) is 5.69 Å². The highest BCUT2D eigenvalue weighted by molar-refractivity contribution is 5.99. The number of para-hydroxylation sites is 1. The van der Waals surface area contributed by atoms with Gasteiger partial charge in [0.2, 0.25) is 0 Å². The molecule has 1 aromatic heterocycles. The van der Waals surface area contributed by atoms with E-state index >= 15 is 0 Å². The highest BCUT2D eigenvalue weighted by Crippen LogP contribution is 2.25. The summed E-state index contributed by atoms with van der Waals surface area (Å²) in [6.07, 6.45) is 1.07. The molecule has 0 fully saturated rings. The van der Waals surface area contributed by atoms with Crippen LogP contribution in [0.25, 0.3) is 21.8 Å². The first-order valence-electron chi connectivity index (χ1n) is 9.17. The van der Waals surface area contributed by atoms with Gasteiger partial charge in [0.05, 0.1) is 11.0 Å². The molecule has 0 atom stereocenters. The van der Waals surface area contributed by atoms with E-state index in [0.29, 0.717) is 0 Å². The molecular weight excluding hydrogens is 318 g/mol. The summed E-state index contributed by atoms with van der Waals surface area (Å²) >= 11 is 0. The van der Waals surface area contributed by atoms with Gasteiger partial charge in [-0.3, -0.25) is 0 Å². The topological polar surface area (TPSA) is 37.0 Å². The molecule has 1 heterocycles. The minimum atomic E-state index is 0.922. The Morgan fingerprint density at radius 3 is 2.46 bits per heavy atom. The minimum absolute atomic E-state index is 0.922. The monoisotopic (exact) mass is 341 g/mol. The molecule has 3 aromatic carbocycles. The van der Waals surface area contributed by atoms with Crippen LogP contribution in [-0.2, 0) is 6.54 Å². The van der Waals surface area contributed by atoms with Gasteiger partial charge in [-0.1, -0.05) is 54.6 Å². The zero-order valence-electron chi connectivity index (χ0n) is 14.8. The van der Waals surface area contributed by atoms with Gasteiger partial charge in [0.1, 0.15) is 0 Å². The van der Waals surface area contributed by atoms with Crippen molar-refractivity contribution < 1.29 is 0 Å². The third kappa shape index (κ3) is 3.84. The van der Waals surface area contributed by atoms with E-state index in [0.717, 1.165) is 42.8 Å². The van der Waals surface area contributed by atoms with Crippen LogP contribution in [0, 0.1) is 0 Å². The Labute approximate surface area is 154 Å². The third-order valence-electron chi connectivity index (χ3n) is 4.58. The molecule has 2 N–H and O–H groups in total. The van der Waals surface area contributed by atoms with Gasteiger partial charge < -0.3 is 10.6 Å². The highest BCUT2D eigenvalue weighted by atomic mass is 14.9. The number of fused-ring (bicyclic) bond motifs is 2. The molecule has 26 heavy (non-hydrogen) atoms. The number of nitrogens with one attached hydrogen (secondary N) is 2. The summed E-state index contributed by atoms with van der Waals surface area (Å²) in [5, 5.41) is 9.43. The van der Waals surface area contributed by atoms with Gasteiger partial charge >= 0.3 is 0 Å². The molecule has 0 radical (unpaired) electrons. The molecular formula is C23H23N3. The maximum Gasteiger partial charge on any atom is 0.0730 e. The molecule has 130 valence electrons. The van der Waals surface area contributed by atoms with Crippen molar-refractivity contribution in [1.29, 1.82) is 0 Å². The number of pyridine rings is 1. The van der Waals surface area contributed by atoms with E-state index in [1.807, 2.05) is 6.07 Å². The summed E-state index contributed by atoms with van der Waals surface area (Å²) in [6, 6.07) is 27.3.